The molecule has 6 rings (SSSR count). The van der Waals surface area contributed by atoms with Crippen LogP contribution in [0, 0.1) is 0 Å². The van der Waals surface area contributed by atoms with E-state index in [1.54, 1.807) is 12.1 Å². The molecule has 0 saturated carbocycles. The van der Waals surface area contributed by atoms with Crippen molar-refractivity contribution in [3.05, 3.63) is 70.9 Å². The molecule has 0 spiro atoms. The third kappa shape index (κ3) is 3.82. The summed E-state index contributed by atoms with van der Waals surface area (Å²) in [5, 5.41) is 5.30. The van der Waals surface area contributed by atoms with Crippen molar-refractivity contribution in [2.24, 2.45) is 0 Å². The van der Waals surface area contributed by atoms with E-state index in [0.29, 0.717) is 60.8 Å². The molecule has 7 heteroatoms. The molecular weight excluding hydrogens is 456 g/mol. The first kappa shape index (κ1) is 22.4. The molecule has 2 aromatic heterocycles. The Balaban J connectivity index is 1.59. The van der Waals surface area contributed by atoms with Crippen molar-refractivity contribution in [2.75, 3.05) is 36.5 Å². The van der Waals surface area contributed by atoms with Crippen LogP contribution in [0.2, 0.25) is 0 Å². The Morgan fingerprint density at radius 1 is 0.917 bits per heavy atom. The molecule has 0 radical (unpaired) electrons. The minimum Gasteiger partial charge on any atom is -0.455 e. The number of hydrogen-bond donors (Lipinski definition) is 1. The lowest BCUT2D eigenvalue weighted by molar-refractivity contribution is -0.116. The summed E-state index contributed by atoms with van der Waals surface area (Å²) in [6, 6.07) is 18.7. The number of hydrogen-bond acceptors (Lipinski definition) is 6. The van der Waals surface area contributed by atoms with Crippen LogP contribution in [0.5, 0.6) is 0 Å². The van der Waals surface area contributed by atoms with E-state index in [9.17, 15) is 9.59 Å². The lowest BCUT2D eigenvalue weighted by Crippen LogP contribution is -2.36. The molecule has 3 aromatic carbocycles. The van der Waals surface area contributed by atoms with Gasteiger partial charge in [0, 0.05) is 42.1 Å². The molecule has 36 heavy (non-hydrogen) atoms. The third-order valence-corrected chi connectivity index (χ3v) is 6.63. The standard InChI is InChI=1S/C29H26N2O5/c1-2-6-25(33)30-22-12-11-19(29-27(22)21-7-3-4-10-24(21)35-29)18-8-5-9-20-23(32)17-26(36-28(18)20)31-13-15-34-16-14-31/h3-5,7-12,17H,2,6,13-16H2,1H3,(H,30,33). The first-order valence-corrected chi connectivity index (χ1v) is 12.3. The number of anilines is 2. The second-order valence-corrected chi connectivity index (χ2v) is 8.99. The minimum atomic E-state index is -0.0936. The number of furan rings is 1. The Morgan fingerprint density at radius 3 is 2.53 bits per heavy atom. The Morgan fingerprint density at radius 2 is 1.69 bits per heavy atom. The summed E-state index contributed by atoms with van der Waals surface area (Å²) in [7, 11) is 0. The summed E-state index contributed by atoms with van der Waals surface area (Å²) in [5.74, 6) is 0.496. The molecule has 1 aliphatic heterocycles. The number of carbonyl (C=O) groups excluding carboxylic acids is 1. The van der Waals surface area contributed by atoms with Crippen LogP contribution in [0.25, 0.3) is 44.0 Å². The van der Waals surface area contributed by atoms with Crippen molar-refractivity contribution in [2.45, 2.75) is 19.8 Å². The molecule has 1 amide bonds. The van der Waals surface area contributed by atoms with E-state index in [1.807, 2.05) is 60.4 Å². The van der Waals surface area contributed by atoms with Crippen molar-refractivity contribution < 1.29 is 18.4 Å². The SMILES string of the molecule is CCCC(=O)Nc1ccc(-c2cccc3c(=O)cc(N4CCOCC4)oc23)c2oc3ccccc3c12. The Hall–Kier alpha value is -4.10. The zero-order chi connectivity index (χ0) is 24.6. The van der Waals surface area contributed by atoms with E-state index in [-0.39, 0.29) is 11.3 Å². The normalized spacial score (nSPS) is 14.1. The van der Waals surface area contributed by atoms with E-state index in [2.05, 4.69) is 5.32 Å². The Labute approximate surface area is 207 Å². The molecule has 5 aromatic rings. The highest BCUT2D eigenvalue weighted by molar-refractivity contribution is 6.18. The van der Waals surface area contributed by atoms with Crippen LogP contribution in [-0.4, -0.2) is 32.2 Å². The lowest BCUT2D eigenvalue weighted by Gasteiger charge is -2.27. The molecule has 0 atom stereocenters. The van der Waals surface area contributed by atoms with Gasteiger partial charge in [-0.1, -0.05) is 37.3 Å². The third-order valence-electron chi connectivity index (χ3n) is 6.63. The monoisotopic (exact) mass is 482 g/mol. The van der Waals surface area contributed by atoms with E-state index in [0.717, 1.165) is 33.9 Å². The first-order valence-electron chi connectivity index (χ1n) is 12.3. The molecule has 1 saturated heterocycles. The number of ether oxygens (including phenoxy) is 1. The topological polar surface area (TPSA) is 84.9 Å². The maximum atomic E-state index is 13.1. The van der Waals surface area contributed by atoms with Gasteiger partial charge in [-0.3, -0.25) is 9.59 Å². The summed E-state index contributed by atoms with van der Waals surface area (Å²) in [4.78, 5) is 27.6. The van der Waals surface area contributed by atoms with Gasteiger partial charge < -0.3 is 23.8 Å². The van der Waals surface area contributed by atoms with Crippen LogP contribution in [0.15, 0.2) is 74.3 Å². The number of nitrogens with zero attached hydrogens (tertiary/aromatic N) is 1. The number of amides is 1. The summed E-state index contributed by atoms with van der Waals surface area (Å²) >= 11 is 0. The van der Waals surface area contributed by atoms with Crippen LogP contribution in [0.4, 0.5) is 11.6 Å². The molecule has 0 aliphatic carbocycles. The molecule has 7 nitrogen and oxygen atoms in total. The van der Waals surface area contributed by atoms with Crippen LogP contribution in [0.3, 0.4) is 0 Å². The lowest BCUT2D eigenvalue weighted by atomic mass is 9.99. The van der Waals surface area contributed by atoms with Gasteiger partial charge in [0.2, 0.25) is 5.91 Å². The number of rotatable bonds is 5. The highest BCUT2D eigenvalue weighted by Crippen LogP contribution is 2.42. The number of fused-ring (bicyclic) bond motifs is 4. The van der Waals surface area contributed by atoms with E-state index in [4.69, 9.17) is 13.6 Å². The predicted octanol–water partition coefficient (Wildman–Crippen LogP) is 5.93. The smallest absolute Gasteiger partial charge is 0.224 e. The number of carbonyl (C=O) groups is 1. The molecule has 1 N–H and O–H groups in total. The van der Waals surface area contributed by atoms with Crippen molar-refractivity contribution in [3.8, 4) is 11.1 Å². The maximum absolute atomic E-state index is 13.1. The van der Waals surface area contributed by atoms with Crippen molar-refractivity contribution >= 4 is 50.4 Å². The first-order chi connectivity index (χ1) is 17.6. The zero-order valence-electron chi connectivity index (χ0n) is 20.0. The van der Waals surface area contributed by atoms with Gasteiger partial charge in [0.25, 0.3) is 0 Å². The van der Waals surface area contributed by atoms with E-state index in [1.165, 1.54) is 0 Å². The minimum absolute atomic E-state index is 0.0388. The average molecular weight is 483 g/mol. The van der Waals surface area contributed by atoms with Gasteiger partial charge in [-0.15, -0.1) is 0 Å². The van der Waals surface area contributed by atoms with Crippen molar-refractivity contribution in [3.63, 3.8) is 0 Å². The molecular formula is C29H26N2O5. The van der Waals surface area contributed by atoms with Crippen molar-refractivity contribution in [1.29, 1.82) is 0 Å². The van der Waals surface area contributed by atoms with Crippen LogP contribution >= 0.6 is 0 Å². The van der Waals surface area contributed by atoms with Gasteiger partial charge in [0.15, 0.2) is 11.3 Å². The van der Waals surface area contributed by atoms with Gasteiger partial charge in [0.1, 0.15) is 16.7 Å². The van der Waals surface area contributed by atoms with Crippen LogP contribution in [-0.2, 0) is 9.53 Å². The maximum Gasteiger partial charge on any atom is 0.224 e. The molecule has 0 unspecified atom stereocenters. The molecule has 1 aliphatic rings. The fourth-order valence-electron chi connectivity index (χ4n) is 4.90. The van der Waals surface area contributed by atoms with Gasteiger partial charge >= 0.3 is 0 Å². The van der Waals surface area contributed by atoms with Gasteiger partial charge in [0.05, 0.1) is 29.7 Å². The van der Waals surface area contributed by atoms with E-state index < -0.39 is 0 Å². The molecule has 1 fully saturated rings. The highest BCUT2D eigenvalue weighted by atomic mass is 16.5. The summed E-state index contributed by atoms with van der Waals surface area (Å²) in [6.07, 6.45) is 1.21. The highest BCUT2D eigenvalue weighted by Gasteiger charge is 2.21. The van der Waals surface area contributed by atoms with Crippen molar-refractivity contribution in [1.82, 2.24) is 0 Å². The van der Waals surface area contributed by atoms with Gasteiger partial charge in [-0.2, -0.15) is 0 Å². The number of morpholine rings is 1. The Kier molecular flexibility index (Phi) is 5.70. The number of nitrogens with one attached hydrogen (secondary N) is 1. The summed E-state index contributed by atoms with van der Waals surface area (Å²) in [5.41, 5.74) is 4.03. The molecule has 3 heterocycles. The van der Waals surface area contributed by atoms with Gasteiger partial charge in [-0.05, 0) is 30.7 Å². The predicted molar refractivity (Wildman–Crippen MR) is 142 cm³/mol. The number of benzene rings is 3. The fraction of sp³-hybridized carbons (Fsp3) is 0.241. The van der Waals surface area contributed by atoms with Crippen LogP contribution < -0.4 is 15.6 Å². The van der Waals surface area contributed by atoms with Gasteiger partial charge in [-0.25, -0.2) is 0 Å². The molecule has 182 valence electrons. The fourth-order valence-corrected chi connectivity index (χ4v) is 4.90. The quantitative estimate of drug-likeness (QED) is 0.334. The van der Waals surface area contributed by atoms with Crippen LogP contribution in [0.1, 0.15) is 19.8 Å². The Bertz CT molecular complexity index is 1660. The average Bonchev–Trinajstić information content (AvgIpc) is 3.29. The summed E-state index contributed by atoms with van der Waals surface area (Å²) < 4.78 is 18.2. The largest absolute Gasteiger partial charge is 0.455 e. The van der Waals surface area contributed by atoms with E-state index >= 15 is 0 Å². The number of para-hydroxylation sites is 2. The second kappa shape index (κ2) is 9.17. The molecule has 0 bridgehead atoms. The summed E-state index contributed by atoms with van der Waals surface area (Å²) in [6.45, 7) is 4.49. The second-order valence-electron chi connectivity index (χ2n) is 8.99. The zero-order valence-corrected chi connectivity index (χ0v) is 20.0.